The maximum atomic E-state index is 9.65. The molecule has 1 heterocycles. The summed E-state index contributed by atoms with van der Waals surface area (Å²) >= 11 is 0. The monoisotopic (exact) mass is 233 g/mol. The van der Waals surface area contributed by atoms with Crippen molar-refractivity contribution in [1.82, 2.24) is 9.78 Å². The maximum absolute atomic E-state index is 9.65. The van der Waals surface area contributed by atoms with Crippen LogP contribution in [0.5, 0.6) is 11.5 Å². The summed E-state index contributed by atoms with van der Waals surface area (Å²) in [5, 5.41) is 23.3. The van der Waals surface area contributed by atoms with E-state index in [9.17, 15) is 10.2 Å². The van der Waals surface area contributed by atoms with Gasteiger partial charge < -0.3 is 15.9 Å². The van der Waals surface area contributed by atoms with Gasteiger partial charge in [-0.15, -0.1) is 0 Å². The SMILES string of the molecule is Cc1c(-c2cnn(C)c2N)cc(O)c(O)c1C. The number of phenolic OH excluding ortho intramolecular Hbond substituents is 2. The molecule has 1 aromatic heterocycles. The fourth-order valence-electron chi connectivity index (χ4n) is 1.82. The first-order chi connectivity index (χ1) is 7.93. The molecule has 0 saturated heterocycles. The molecule has 5 heteroatoms. The summed E-state index contributed by atoms with van der Waals surface area (Å²) in [6.45, 7) is 3.62. The predicted octanol–water partition coefficient (Wildman–Crippen LogP) is 1.70. The lowest BCUT2D eigenvalue weighted by molar-refractivity contribution is 0.401. The van der Waals surface area contributed by atoms with Crippen LogP contribution >= 0.6 is 0 Å². The van der Waals surface area contributed by atoms with Crippen molar-refractivity contribution in [3.63, 3.8) is 0 Å². The highest BCUT2D eigenvalue weighted by Gasteiger charge is 2.16. The van der Waals surface area contributed by atoms with E-state index in [0.717, 1.165) is 16.7 Å². The summed E-state index contributed by atoms with van der Waals surface area (Å²) in [5.41, 5.74) is 8.95. The molecule has 90 valence electrons. The number of aromatic nitrogens is 2. The normalized spacial score (nSPS) is 10.8. The fraction of sp³-hybridized carbons (Fsp3) is 0.250. The zero-order valence-electron chi connectivity index (χ0n) is 10.0. The Kier molecular flexibility index (Phi) is 2.46. The molecule has 0 aliphatic heterocycles. The second-order valence-electron chi connectivity index (χ2n) is 4.11. The van der Waals surface area contributed by atoms with Gasteiger partial charge in [0.25, 0.3) is 0 Å². The average Bonchev–Trinajstić information content (AvgIpc) is 2.62. The number of aromatic hydroxyl groups is 2. The topological polar surface area (TPSA) is 84.3 Å². The largest absolute Gasteiger partial charge is 0.504 e. The first-order valence-electron chi connectivity index (χ1n) is 5.23. The van der Waals surface area contributed by atoms with Gasteiger partial charge in [-0.2, -0.15) is 5.10 Å². The molecule has 0 bridgehead atoms. The predicted molar refractivity (Wildman–Crippen MR) is 65.9 cm³/mol. The Morgan fingerprint density at radius 1 is 1.18 bits per heavy atom. The Labute approximate surface area is 99.1 Å². The smallest absolute Gasteiger partial charge is 0.160 e. The van der Waals surface area contributed by atoms with Gasteiger partial charge in [-0.3, -0.25) is 4.68 Å². The highest BCUT2D eigenvalue weighted by atomic mass is 16.3. The van der Waals surface area contributed by atoms with E-state index in [1.807, 2.05) is 6.92 Å². The van der Waals surface area contributed by atoms with Crippen LogP contribution in [0.15, 0.2) is 12.3 Å². The minimum atomic E-state index is -0.147. The van der Waals surface area contributed by atoms with E-state index >= 15 is 0 Å². The van der Waals surface area contributed by atoms with Crippen molar-refractivity contribution in [2.75, 3.05) is 5.73 Å². The second-order valence-corrected chi connectivity index (χ2v) is 4.11. The van der Waals surface area contributed by atoms with Gasteiger partial charge in [0.15, 0.2) is 11.5 Å². The number of nitrogens with zero attached hydrogens (tertiary/aromatic N) is 2. The molecular weight excluding hydrogens is 218 g/mol. The molecule has 2 rings (SSSR count). The van der Waals surface area contributed by atoms with Crippen LogP contribution in [0.25, 0.3) is 11.1 Å². The van der Waals surface area contributed by atoms with Gasteiger partial charge in [0.05, 0.1) is 6.20 Å². The number of benzene rings is 1. The van der Waals surface area contributed by atoms with Crippen LogP contribution in [0.2, 0.25) is 0 Å². The van der Waals surface area contributed by atoms with Crippen LogP contribution in [0.3, 0.4) is 0 Å². The molecular formula is C12H15N3O2. The fourth-order valence-corrected chi connectivity index (χ4v) is 1.82. The first kappa shape index (κ1) is 11.3. The van der Waals surface area contributed by atoms with E-state index in [4.69, 9.17) is 5.73 Å². The Morgan fingerprint density at radius 2 is 1.82 bits per heavy atom. The van der Waals surface area contributed by atoms with Crippen molar-refractivity contribution >= 4 is 5.82 Å². The number of hydrogen-bond acceptors (Lipinski definition) is 4. The van der Waals surface area contributed by atoms with E-state index in [-0.39, 0.29) is 11.5 Å². The van der Waals surface area contributed by atoms with Crippen molar-refractivity contribution in [2.45, 2.75) is 13.8 Å². The molecule has 0 aliphatic carbocycles. The van der Waals surface area contributed by atoms with Crippen LogP contribution in [0.1, 0.15) is 11.1 Å². The van der Waals surface area contributed by atoms with Gasteiger partial charge in [0, 0.05) is 12.6 Å². The van der Waals surface area contributed by atoms with Gasteiger partial charge >= 0.3 is 0 Å². The number of aryl methyl sites for hydroxylation is 1. The summed E-state index contributed by atoms with van der Waals surface area (Å²) in [7, 11) is 1.75. The minimum absolute atomic E-state index is 0.0892. The van der Waals surface area contributed by atoms with Gasteiger partial charge in [-0.1, -0.05) is 0 Å². The van der Waals surface area contributed by atoms with Crippen molar-refractivity contribution < 1.29 is 10.2 Å². The van der Waals surface area contributed by atoms with Gasteiger partial charge in [0.2, 0.25) is 0 Å². The second kappa shape index (κ2) is 3.69. The lowest BCUT2D eigenvalue weighted by atomic mass is 9.97. The first-order valence-corrected chi connectivity index (χ1v) is 5.23. The zero-order chi connectivity index (χ0) is 12.7. The average molecular weight is 233 g/mol. The molecule has 0 unspecified atom stereocenters. The van der Waals surface area contributed by atoms with E-state index in [1.165, 1.54) is 6.07 Å². The Balaban J connectivity index is 2.73. The van der Waals surface area contributed by atoms with Crippen molar-refractivity contribution in [2.24, 2.45) is 7.05 Å². The summed E-state index contributed by atoms with van der Waals surface area (Å²) in [6.07, 6.45) is 1.65. The molecule has 17 heavy (non-hydrogen) atoms. The highest BCUT2D eigenvalue weighted by Crippen LogP contribution is 2.39. The van der Waals surface area contributed by atoms with E-state index in [0.29, 0.717) is 11.4 Å². The zero-order valence-corrected chi connectivity index (χ0v) is 10.0. The Morgan fingerprint density at radius 3 is 2.35 bits per heavy atom. The summed E-state index contributed by atoms with van der Waals surface area (Å²) in [5.74, 6) is 0.289. The van der Waals surface area contributed by atoms with E-state index in [1.54, 1.807) is 24.9 Å². The van der Waals surface area contributed by atoms with Crippen LogP contribution in [0, 0.1) is 13.8 Å². The lowest BCUT2D eigenvalue weighted by Crippen LogP contribution is -1.99. The molecule has 4 N–H and O–H groups in total. The van der Waals surface area contributed by atoms with Gasteiger partial charge in [-0.25, -0.2) is 0 Å². The molecule has 0 spiro atoms. The number of anilines is 1. The molecule has 2 aromatic rings. The third-order valence-electron chi connectivity index (χ3n) is 3.12. The lowest BCUT2D eigenvalue weighted by Gasteiger charge is -2.11. The highest BCUT2D eigenvalue weighted by molar-refractivity contribution is 5.79. The molecule has 0 radical (unpaired) electrons. The number of nitrogen functional groups attached to an aromatic ring is 1. The molecule has 5 nitrogen and oxygen atoms in total. The van der Waals surface area contributed by atoms with E-state index in [2.05, 4.69) is 5.10 Å². The third kappa shape index (κ3) is 1.60. The molecule has 0 atom stereocenters. The molecule has 0 fully saturated rings. The van der Waals surface area contributed by atoms with Crippen LogP contribution in [-0.4, -0.2) is 20.0 Å². The van der Waals surface area contributed by atoms with Gasteiger partial charge in [0.1, 0.15) is 5.82 Å². The van der Waals surface area contributed by atoms with Crippen LogP contribution < -0.4 is 5.73 Å². The molecule has 0 aliphatic rings. The maximum Gasteiger partial charge on any atom is 0.160 e. The van der Waals surface area contributed by atoms with Crippen LogP contribution in [0.4, 0.5) is 5.82 Å². The number of nitrogens with two attached hydrogens (primary N) is 1. The van der Waals surface area contributed by atoms with Crippen molar-refractivity contribution in [3.05, 3.63) is 23.4 Å². The summed E-state index contributed by atoms with van der Waals surface area (Å²) < 4.78 is 1.56. The van der Waals surface area contributed by atoms with Crippen molar-refractivity contribution in [1.29, 1.82) is 0 Å². The number of rotatable bonds is 1. The van der Waals surface area contributed by atoms with Gasteiger partial charge in [-0.05, 0) is 36.6 Å². The minimum Gasteiger partial charge on any atom is -0.504 e. The quantitative estimate of drug-likeness (QED) is 0.654. The number of hydrogen-bond donors (Lipinski definition) is 3. The van der Waals surface area contributed by atoms with E-state index < -0.39 is 0 Å². The molecule has 0 saturated carbocycles. The third-order valence-corrected chi connectivity index (χ3v) is 3.12. The Bertz CT molecular complexity index is 588. The summed E-state index contributed by atoms with van der Waals surface area (Å²) in [4.78, 5) is 0. The van der Waals surface area contributed by atoms with Crippen LogP contribution in [-0.2, 0) is 7.05 Å². The standard InChI is InChI=1S/C12H15N3O2/c1-6-7(2)11(17)10(16)4-8(6)9-5-14-15(3)12(9)13/h4-5,16-17H,13H2,1-3H3. The Hall–Kier alpha value is -2.17. The number of phenols is 2. The molecule has 0 amide bonds. The molecule has 1 aromatic carbocycles. The van der Waals surface area contributed by atoms with Crippen molar-refractivity contribution in [3.8, 4) is 22.6 Å². The summed E-state index contributed by atoms with van der Waals surface area (Å²) in [6, 6.07) is 1.50.